The molecule has 6 rings (SSSR count). The van der Waals surface area contributed by atoms with Crippen LogP contribution in [0, 0.1) is 5.92 Å². The number of benzene rings is 2. The molecule has 4 heterocycles. The lowest BCUT2D eigenvalue weighted by Crippen LogP contribution is -2.35. The van der Waals surface area contributed by atoms with Crippen molar-refractivity contribution in [3.8, 4) is 45.4 Å². The van der Waals surface area contributed by atoms with Crippen LogP contribution in [0.25, 0.3) is 33.6 Å². The van der Waals surface area contributed by atoms with Crippen LogP contribution in [0.5, 0.6) is 11.8 Å². The number of carbonyl (C=O) groups excluding carboxylic acids is 2. The number of rotatable bonds is 12. The molecule has 1 unspecified atom stereocenters. The first-order chi connectivity index (χ1) is 23.2. The van der Waals surface area contributed by atoms with Crippen LogP contribution in [0.3, 0.4) is 0 Å². The number of nitrogens with two attached hydrogens (primary N) is 1. The molecule has 2 aliphatic rings. The number of aromatic nitrogens is 4. The Hall–Kier alpha value is -4.36. The minimum atomic E-state index is -0.284. The number of ether oxygens (including phenoxy) is 2. The van der Waals surface area contributed by atoms with Crippen LogP contribution in [0.1, 0.15) is 30.7 Å². The minimum Gasteiger partial charge on any atom is -0.480 e. The molecular weight excluding hydrogens is 655 g/mol. The first-order valence-corrected chi connectivity index (χ1v) is 16.4. The third kappa shape index (κ3) is 7.21. The summed E-state index contributed by atoms with van der Waals surface area (Å²) < 4.78 is 11.2. The summed E-state index contributed by atoms with van der Waals surface area (Å²) in [6.07, 6.45) is 5.42. The van der Waals surface area contributed by atoms with Crippen molar-refractivity contribution in [1.29, 1.82) is 0 Å². The second-order valence-corrected chi connectivity index (χ2v) is 12.6. The first kappa shape index (κ1) is 33.5. The summed E-state index contributed by atoms with van der Waals surface area (Å²) in [5.74, 6) is 0.394. The van der Waals surface area contributed by atoms with Crippen molar-refractivity contribution < 1.29 is 19.1 Å². The summed E-state index contributed by atoms with van der Waals surface area (Å²) in [5, 5.41) is 7.17. The molecule has 0 saturated carbocycles. The van der Waals surface area contributed by atoms with E-state index in [1.807, 2.05) is 36.4 Å². The summed E-state index contributed by atoms with van der Waals surface area (Å²) in [7, 11) is 3.10. The molecule has 12 nitrogen and oxygen atoms in total. The highest BCUT2D eigenvalue weighted by molar-refractivity contribution is 6.39. The Labute approximate surface area is 288 Å². The lowest BCUT2D eigenvalue weighted by Gasteiger charge is -2.17. The summed E-state index contributed by atoms with van der Waals surface area (Å²) in [4.78, 5) is 43.9. The summed E-state index contributed by atoms with van der Waals surface area (Å²) >= 11 is 14.1. The number of nitrogens with zero attached hydrogens (tertiary/aromatic N) is 5. The van der Waals surface area contributed by atoms with Gasteiger partial charge in [-0.1, -0.05) is 59.6 Å². The third-order valence-electron chi connectivity index (χ3n) is 8.67. The molecule has 14 heteroatoms. The molecule has 0 aliphatic carbocycles. The largest absolute Gasteiger partial charge is 0.480 e. The molecule has 2 atom stereocenters. The van der Waals surface area contributed by atoms with E-state index in [9.17, 15) is 9.59 Å². The van der Waals surface area contributed by atoms with E-state index in [1.54, 1.807) is 26.6 Å². The number of carbonyl (C=O) groups is 2. The van der Waals surface area contributed by atoms with Crippen LogP contribution in [0.2, 0.25) is 10.0 Å². The third-order valence-corrected chi connectivity index (χ3v) is 9.48. The second kappa shape index (κ2) is 14.8. The number of primary amides is 1. The van der Waals surface area contributed by atoms with E-state index in [1.165, 1.54) is 0 Å². The van der Waals surface area contributed by atoms with Crippen molar-refractivity contribution in [3.63, 3.8) is 0 Å². The van der Waals surface area contributed by atoms with Gasteiger partial charge < -0.3 is 25.8 Å². The van der Waals surface area contributed by atoms with Crippen molar-refractivity contribution in [2.24, 2.45) is 11.7 Å². The van der Waals surface area contributed by atoms with Crippen LogP contribution in [0.15, 0.2) is 48.8 Å². The SMILES string of the molecule is COc1nc(-c2cccc(-c3cccc(-c4cnc(CN5CCC(C(N)=O)C5)c(OC)n4)c3Cl)c2Cl)cnc1CNC[C@@H]1CCC(=O)N1. The summed E-state index contributed by atoms with van der Waals surface area (Å²) in [6.45, 7) is 2.88. The summed E-state index contributed by atoms with van der Waals surface area (Å²) in [6, 6.07) is 11.4. The molecule has 2 fully saturated rings. The number of likely N-dealkylation sites (tertiary alicyclic amines) is 1. The van der Waals surface area contributed by atoms with Crippen LogP contribution in [0.4, 0.5) is 0 Å². The van der Waals surface area contributed by atoms with Crippen molar-refractivity contribution in [3.05, 3.63) is 70.2 Å². The number of hydrogen-bond acceptors (Lipinski definition) is 10. The molecule has 2 aromatic heterocycles. The lowest BCUT2D eigenvalue weighted by molar-refractivity contribution is -0.121. The van der Waals surface area contributed by atoms with Gasteiger partial charge in [0, 0.05) is 60.9 Å². The average Bonchev–Trinajstić information content (AvgIpc) is 3.74. The van der Waals surface area contributed by atoms with Gasteiger partial charge in [0.2, 0.25) is 23.6 Å². The maximum atomic E-state index is 11.6. The van der Waals surface area contributed by atoms with Gasteiger partial charge in [-0.25, -0.2) is 9.97 Å². The molecule has 2 aliphatic heterocycles. The smallest absolute Gasteiger partial charge is 0.237 e. The van der Waals surface area contributed by atoms with E-state index in [0.29, 0.717) is 99.4 Å². The van der Waals surface area contributed by atoms with Crippen molar-refractivity contribution in [1.82, 2.24) is 35.5 Å². The van der Waals surface area contributed by atoms with Gasteiger partial charge in [-0.3, -0.25) is 24.5 Å². The molecular formula is C34H36Cl2N8O4. The highest BCUT2D eigenvalue weighted by atomic mass is 35.5. The van der Waals surface area contributed by atoms with E-state index in [4.69, 9.17) is 48.4 Å². The molecule has 250 valence electrons. The highest BCUT2D eigenvalue weighted by Gasteiger charge is 2.28. The molecule has 2 aromatic carbocycles. The number of hydrogen-bond donors (Lipinski definition) is 3. The number of methoxy groups -OCH3 is 2. The fourth-order valence-electron chi connectivity index (χ4n) is 6.10. The standard InChI is InChI=1S/C34H36Cl2N8O4/c1-47-33-27(14-38-13-20-9-10-29(45)41-20)39-15-25(42-33)23-7-3-5-21(30(23)35)22-6-4-8-24(31(22)36)26-16-40-28(34(43-26)48-2)18-44-12-11-19(17-44)32(37)46/h3-8,15-16,19-20,38H,9-14,17-18H2,1-2H3,(H2,37,46)(H,41,45)/t19?,20-/m0/s1. The van der Waals surface area contributed by atoms with Crippen LogP contribution in [-0.2, 0) is 22.7 Å². The molecule has 0 radical (unpaired) electrons. The quantitative estimate of drug-likeness (QED) is 0.196. The Morgan fingerprint density at radius 1 is 0.938 bits per heavy atom. The normalized spacial score (nSPS) is 17.8. The topological polar surface area (TPSA) is 157 Å². The maximum absolute atomic E-state index is 11.6. The number of nitrogens with one attached hydrogen (secondary N) is 2. The Balaban J connectivity index is 1.23. The van der Waals surface area contributed by atoms with E-state index >= 15 is 0 Å². The lowest BCUT2D eigenvalue weighted by atomic mass is 9.98. The molecule has 2 amide bonds. The van der Waals surface area contributed by atoms with Crippen LogP contribution in [-0.4, -0.2) is 76.5 Å². The zero-order chi connectivity index (χ0) is 33.8. The van der Waals surface area contributed by atoms with E-state index in [-0.39, 0.29) is 23.8 Å². The Kier molecular flexibility index (Phi) is 10.4. The predicted octanol–water partition coefficient (Wildman–Crippen LogP) is 4.27. The Morgan fingerprint density at radius 2 is 1.52 bits per heavy atom. The van der Waals surface area contributed by atoms with Gasteiger partial charge in [-0.05, 0) is 19.4 Å². The first-order valence-electron chi connectivity index (χ1n) is 15.6. The van der Waals surface area contributed by atoms with Gasteiger partial charge in [-0.2, -0.15) is 0 Å². The van der Waals surface area contributed by atoms with Crippen molar-refractivity contribution >= 4 is 35.0 Å². The zero-order valence-electron chi connectivity index (χ0n) is 26.6. The van der Waals surface area contributed by atoms with Gasteiger partial charge in [0.15, 0.2) is 0 Å². The van der Waals surface area contributed by atoms with E-state index in [0.717, 1.165) is 19.4 Å². The van der Waals surface area contributed by atoms with E-state index in [2.05, 4.69) is 25.5 Å². The van der Waals surface area contributed by atoms with Gasteiger partial charge in [-0.15, -0.1) is 0 Å². The van der Waals surface area contributed by atoms with Crippen molar-refractivity contribution in [2.45, 2.75) is 38.4 Å². The number of halogens is 2. The Morgan fingerprint density at radius 3 is 2.06 bits per heavy atom. The average molecular weight is 692 g/mol. The highest BCUT2D eigenvalue weighted by Crippen LogP contribution is 2.42. The van der Waals surface area contributed by atoms with E-state index < -0.39 is 0 Å². The van der Waals surface area contributed by atoms with Gasteiger partial charge in [0.25, 0.3) is 0 Å². The Bertz CT molecular complexity index is 1840. The second-order valence-electron chi connectivity index (χ2n) is 11.8. The molecule has 2 saturated heterocycles. The number of amides is 2. The molecule has 0 spiro atoms. The minimum absolute atomic E-state index is 0.0783. The van der Waals surface area contributed by atoms with Gasteiger partial charge in [0.05, 0.1) is 54.0 Å². The molecule has 48 heavy (non-hydrogen) atoms. The van der Waals surface area contributed by atoms with Gasteiger partial charge in [0.1, 0.15) is 11.4 Å². The molecule has 4 N–H and O–H groups in total. The van der Waals surface area contributed by atoms with Crippen LogP contribution >= 0.6 is 23.2 Å². The maximum Gasteiger partial charge on any atom is 0.237 e. The van der Waals surface area contributed by atoms with Crippen molar-refractivity contribution in [2.75, 3.05) is 33.9 Å². The molecule has 0 bridgehead atoms. The van der Waals surface area contributed by atoms with Gasteiger partial charge >= 0.3 is 0 Å². The predicted molar refractivity (Wildman–Crippen MR) is 183 cm³/mol. The fraction of sp³-hybridized carbons (Fsp3) is 0.353. The zero-order valence-corrected chi connectivity index (χ0v) is 28.1. The fourth-order valence-corrected chi connectivity index (χ4v) is 6.75. The monoisotopic (exact) mass is 690 g/mol. The molecule has 4 aromatic rings. The summed E-state index contributed by atoms with van der Waals surface area (Å²) in [5.41, 5.74) is 10.6. The van der Waals surface area contributed by atoms with Crippen LogP contribution < -0.4 is 25.8 Å².